The average molecular weight is 300 g/mol. The number of methoxy groups -OCH3 is 1. The van der Waals surface area contributed by atoms with E-state index in [2.05, 4.69) is 68.4 Å². The van der Waals surface area contributed by atoms with Crippen LogP contribution in [0.2, 0.25) is 0 Å². The van der Waals surface area contributed by atoms with Gasteiger partial charge in [0.05, 0.1) is 7.11 Å². The maximum Gasteiger partial charge on any atom is 0.126 e. The van der Waals surface area contributed by atoms with Gasteiger partial charge in [-0.1, -0.05) is 74.5 Å². The third-order valence-electron chi connectivity index (χ3n) is 5.00. The van der Waals surface area contributed by atoms with E-state index in [0.717, 1.165) is 11.3 Å². The van der Waals surface area contributed by atoms with Gasteiger partial charge in [0.25, 0.3) is 0 Å². The third kappa shape index (κ3) is 1.93. The standard InChI is InChI=1S/C22H20O/c1-22(2)18-12-6-4-10-17(18)21-16(11-8-13-19(21)22)15-9-5-7-14-20(15)23-3/h4-14H,1-3H3. The fourth-order valence-electron chi connectivity index (χ4n) is 3.85. The van der Waals surface area contributed by atoms with Crippen LogP contribution in [-0.2, 0) is 5.41 Å². The number of hydrogen-bond acceptors (Lipinski definition) is 1. The molecule has 0 aliphatic heterocycles. The summed E-state index contributed by atoms with van der Waals surface area (Å²) in [5, 5.41) is 0. The van der Waals surface area contributed by atoms with Gasteiger partial charge >= 0.3 is 0 Å². The normalized spacial score (nSPS) is 14.2. The smallest absolute Gasteiger partial charge is 0.126 e. The predicted octanol–water partition coefficient (Wildman–Crippen LogP) is 5.67. The molecule has 1 nitrogen and oxygen atoms in total. The first-order chi connectivity index (χ1) is 11.1. The minimum Gasteiger partial charge on any atom is -0.496 e. The molecule has 0 bridgehead atoms. The number of rotatable bonds is 2. The van der Waals surface area contributed by atoms with Gasteiger partial charge in [0.15, 0.2) is 0 Å². The highest BCUT2D eigenvalue weighted by Gasteiger charge is 2.36. The van der Waals surface area contributed by atoms with Crippen LogP contribution in [0.1, 0.15) is 25.0 Å². The molecule has 3 aromatic carbocycles. The van der Waals surface area contributed by atoms with Crippen molar-refractivity contribution in [2.75, 3.05) is 7.11 Å². The highest BCUT2D eigenvalue weighted by molar-refractivity contribution is 5.93. The Morgan fingerprint density at radius 3 is 2.04 bits per heavy atom. The lowest BCUT2D eigenvalue weighted by atomic mass is 9.82. The van der Waals surface area contributed by atoms with Crippen molar-refractivity contribution in [2.24, 2.45) is 0 Å². The average Bonchev–Trinajstić information content (AvgIpc) is 2.83. The molecule has 23 heavy (non-hydrogen) atoms. The molecule has 1 aliphatic carbocycles. The molecule has 0 spiro atoms. The second-order valence-electron chi connectivity index (χ2n) is 6.60. The quantitative estimate of drug-likeness (QED) is 0.592. The molecule has 114 valence electrons. The summed E-state index contributed by atoms with van der Waals surface area (Å²) in [6.07, 6.45) is 0. The Bertz CT molecular complexity index is 890. The van der Waals surface area contributed by atoms with Crippen LogP contribution >= 0.6 is 0 Å². The van der Waals surface area contributed by atoms with E-state index in [0.29, 0.717) is 0 Å². The largest absolute Gasteiger partial charge is 0.496 e. The first kappa shape index (κ1) is 14.1. The fourth-order valence-corrected chi connectivity index (χ4v) is 3.85. The first-order valence-electron chi connectivity index (χ1n) is 8.01. The third-order valence-corrected chi connectivity index (χ3v) is 5.00. The predicted molar refractivity (Wildman–Crippen MR) is 96.0 cm³/mol. The van der Waals surface area contributed by atoms with Crippen molar-refractivity contribution >= 4 is 0 Å². The molecule has 4 rings (SSSR count). The number of ether oxygens (including phenoxy) is 1. The zero-order valence-electron chi connectivity index (χ0n) is 13.8. The summed E-state index contributed by atoms with van der Waals surface area (Å²) >= 11 is 0. The fraction of sp³-hybridized carbons (Fsp3) is 0.182. The molecule has 1 heteroatoms. The molecule has 0 heterocycles. The van der Waals surface area contributed by atoms with Crippen molar-refractivity contribution < 1.29 is 4.74 Å². The monoisotopic (exact) mass is 300 g/mol. The molecule has 0 aromatic heterocycles. The van der Waals surface area contributed by atoms with E-state index in [1.54, 1.807) is 7.11 Å². The van der Waals surface area contributed by atoms with Crippen LogP contribution in [-0.4, -0.2) is 7.11 Å². The van der Waals surface area contributed by atoms with Crippen LogP contribution in [0.3, 0.4) is 0 Å². The molecule has 0 amide bonds. The maximum absolute atomic E-state index is 5.60. The van der Waals surface area contributed by atoms with E-state index in [1.165, 1.54) is 27.8 Å². The summed E-state index contributed by atoms with van der Waals surface area (Å²) in [4.78, 5) is 0. The molecule has 0 unspecified atom stereocenters. The van der Waals surface area contributed by atoms with Crippen LogP contribution in [0.15, 0.2) is 66.7 Å². The van der Waals surface area contributed by atoms with Crippen molar-refractivity contribution in [2.45, 2.75) is 19.3 Å². The highest BCUT2D eigenvalue weighted by atomic mass is 16.5. The topological polar surface area (TPSA) is 9.23 Å². The molecule has 0 saturated heterocycles. The van der Waals surface area contributed by atoms with Crippen molar-refractivity contribution in [3.8, 4) is 28.0 Å². The summed E-state index contributed by atoms with van der Waals surface area (Å²) in [7, 11) is 1.74. The zero-order valence-corrected chi connectivity index (χ0v) is 13.8. The first-order valence-corrected chi connectivity index (χ1v) is 8.01. The molecule has 0 fully saturated rings. The maximum atomic E-state index is 5.60. The van der Waals surface area contributed by atoms with Crippen molar-refractivity contribution in [3.05, 3.63) is 77.9 Å². The molecular formula is C22H20O. The summed E-state index contributed by atoms with van der Waals surface area (Å²) in [5.74, 6) is 0.920. The molecular weight excluding hydrogens is 280 g/mol. The van der Waals surface area contributed by atoms with Gasteiger partial charge in [-0.15, -0.1) is 0 Å². The Labute approximate surface area is 137 Å². The summed E-state index contributed by atoms with van der Waals surface area (Å²) in [5.41, 5.74) is 7.91. The number of para-hydroxylation sites is 1. The van der Waals surface area contributed by atoms with Crippen LogP contribution in [0, 0.1) is 0 Å². The number of benzene rings is 3. The van der Waals surface area contributed by atoms with Crippen molar-refractivity contribution in [1.82, 2.24) is 0 Å². The Kier molecular flexibility index (Phi) is 3.05. The van der Waals surface area contributed by atoms with Gasteiger partial charge in [-0.25, -0.2) is 0 Å². The van der Waals surface area contributed by atoms with E-state index in [4.69, 9.17) is 4.74 Å². The Morgan fingerprint density at radius 2 is 1.26 bits per heavy atom. The van der Waals surface area contributed by atoms with E-state index in [9.17, 15) is 0 Å². The lowest BCUT2D eigenvalue weighted by Gasteiger charge is -2.21. The van der Waals surface area contributed by atoms with Crippen LogP contribution in [0.4, 0.5) is 0 Å². The summed E-state index contributed by atoms with van der Waals surface area (Å²) < 4.78 is 5.60. The molecule has 0 saturated carbocycles. The van der Waals surface area contributed by atoms with E-state index >= 15 is 0 Å². The minimum atomic E-state index is 0.0317. The Balaban J connectivity index is 2.07. The molecule has 0 atom stereocenters. The lowest BCUT2D eigenvalue weighted by molar-refractivity contribution is 0.416. The van der Waals surface area contributed by atoms with Gasteiger partial charge < -0.3 is 4.74 Å². The lowest BCUT2D eigenvalue weighted by Crippen LogP contribution is -2.14. The molecule has 3 aromatic rings. The minimum absolute atomic E-state index is 0.0317. The second kappa shape index (κ2) is 4.99. The van der Waals surface area contributed by atoms with Crippen LogP contribution in [0.5, 0.6) is 5.75 Å². The van der Waals surface area contributed by atoms with Crippen LogP contribution < -0.4 is 4.74 Å². The van der Waals surface area contributed by atoms with E-state index in [1.807, 2.05) is 12.1 Å². The van der Waals surface area contributed by atoms with Crippen molar-refractivity contribution in [1.29, 1.82) is 0 Å². The van der Waals surface area contributed by atoms with Gasteiger partial charge in [-0.05, 0) is 33.9 Å². The van der Waals surface area contributed by atoms with Gasteiger partial charge in [-0.2, -0.15) is 0 Å². The van der Waals surface area contributed by atoms with E-state index < -0.39 is 0 Å². The summed E-state index contributed by atoms with van der Waals surface area (Å²) in [6, 6.07) is 23.6. The highest BCUT2D eigenvalue weighted by Crippen LogP contribution is 2.52. The molecule has 1 aliphatic rings. The number of hydrogen-bond donors (Lipinski definition) is 0. The SMILES string of the molecule is COc1ccccc1-c1cccc2c1-c1ccccc1C2(C)C. The Morgan fingerprint density at radius 1 is 0.652 bits per heavy atom. The van der Waals surface area contributed by atoms with Crippen molar-refractivity contribution in [3.63, 3.8) is 0 Å². The number of fused-ring (bicyclic) bond motifs is 3. The Hall–Kier alpha value is -2.54. The molecule has 0 N–H and O–H groups in total. The van der Waals surface area contributed by atoms with Gasteiger partial charge in [0, 0.05) is 11.0 Å². The van der Waals surface area contributed by atoms with Crippen LogP contribution in [0.25, 0.3) is 22.3 Å². The van der Waals surface area contributed by atoms with Gasteiger partial charge in [-0.3, -0.25) is 0 Å². The molecule has 0 radical (unpaired) electrons. The van der Waals surface area contributed by atoms with E-state index in [-0.39, 0.29) is 5.41 Å². The second-order valence-corrected chi connectivity index (χ2v) is 6.60. The van der Waals surface area contributed by atoms with Gasteiger partial charge in [0.2, 0.25) is 0 Å². The van der Waals surface area contributed by atoms with Gasteiger partial charge in [0.1, 0.15) is 5.75 Å². The zero-order chi connectivity index (χ0) is 16.0. The summed E-state index contributed by atoms with van der Waals surface area (Å²) in [6.45, 7) is 4.62.